The molecule has 4 bridgehead atoms. The molecule has 10 heteroatoms. The second-order valence-corrected chi connectivity index (χ2v) is 8.46. The summed E-state index contributed by atoms with van der Waals surface area (Å²) in [6.45, 7) is 0.260. The molecule has 1 aliphatic rings. The third-order valence-corrected chi connectivity index (χ3v) is 6.06. The number of aromatic hydroxyl groups is 1. The molecule has 2 aromatic rings. The lowest BCUT2D eigenvalue weighted by atomic mass is 9.95. The first-order valence-electron chi connectivity index (χ1n) is 11.0. The molecule has 0 radical (unpaired) electrons. The molecule has 0 saturated heterocycles. The quantitative estimate of drug-likeness (QED) is 0.439. The Morgan fingerprint density at radius 3 is 2.44 bits per heavy atom. The van der Waals surface area contributed by atoms with Crippen LogP contribution in [0.15, 0.2) is 36.4 Å². The Morgan fingerprint density at radius 2 is 1.79 bits per heavy atom. The Hall–Kier alpha value is -3.50. The molecule has 0 aliphatic carbocycles. The zero-order chi connectivity index (χ0) is 25.0. The van der Waals surface area contributed by atoms with Crippen molar-refractivity contribution in [3.05, 3.63) is 53.3 Å². The standard InChI is InChI=1S/C24H29FN4O5/c1-29-20(24(33)34)12-15-9-13(4-6-17(15)25)14-5-7-21(30)16(10-14)11-18(27)22(31)28-19(23(29)32)3-2-8-26/h4-7,9-10,18-20,30H,2-3,8,11-12,26-27H2,1H3,(H,28,31)(H,33,34)/t18?,19-,20-/m0/s1. The van der Waals surface area contributed by atoms with Gasteiger partial charge < -0.3 is 31.9 Å². The molecule has 1 heterocycles. The summed E-state index contributed by atoms with van der Waals surface area (Å²) >= 11 is 0. The van der Waals surface area contributed by atoms with Crippen LogP contribution in [0.1, 0.15) is 24.0 Å². The van der Waals surface area contributed by atoms with Crippen molar-refractivity contribution < 1.29 is 29.0 Å². The number of carbonyl (C=O) groups excluding carboxylic acids is 2. The molecule has 7 N–H and O–H groups in total. The van der Waals surface area contributed by atoms with Gasteiger partial charge in [-0.2, -0.15) is 0 Å². The number of phenols is 1. The summed E-state index contributed by atoms with van der Waals surface area (Å²) in [5.41, 5.74) is 13.4. The number of carboxylic acid groups (broad SMARTS) is 1. The summed E-state index contributed by atoms with van der Waals surface area (Å²) in [6.07, 6.45) is 0.288. The van der Waals surface area contributed by atoms with Crippen LogP contribution in [-0.2, 0) is 27.2 Å². The molecular formula is C24H29FN4O5. The SMILES string of the molecule is CN1C(=O)[C@H](CCCN)NC(=O)C(N)Cc2cc(ccc2O)-c2ccc(F)c(c2)C[C@H]1C(=O)O. The van der Waals surface area contributed by atoms with Crippen LogP contribution >= 0.6 is 0 Å². The first-order chi connectivity index (χ1) is 16.1. The minimum atomic E-state index is -1.37. The maximum absolute atomic E-state index is 14.7. The van der Waals surface area contributed by atoms with Crippen LogP contribution in [0, 0.1) is 5.82 Å². The number of hydrogen-bond donors (Lipinski definition) is 5. The van der Waals surface area contributed by atoms with E-state index >= 15 is 0 Å². The highest BCUT2D eigenvalue weighted by molar-refractivity contribution is 5.92. The topological polar surface area (TPSA) is 159 Å². The largest absolute Gasteiger partial charge is 0.508 e. The third-order valence-electron chi connectivity index (χ3n) is 6.06. The van der Waals surface area contributed by atoms with Gasteiger partial charge in [0.1, 0.15) is 23.7 Å². The highest BCUT2D eigenvalue weighted by Gasteiger charge is 2.33. The predicted molar refractivity (Wildman–Crippen MR) is 123 cm³/mol. The average Bonchev–Trinajstić information content (AvgIpc) is 2.80. The Labute approximate surface area is 196 Å². The fourth-order valence-electron chi connectivity index (χ4n) is 4.02. The molecule has 0 fully saturated rings. The van der Waals surface area contributed by atoms with Gasteiger partial charge in [-0.3, -0.25) is 9.59 Å². The van der Waals surface area contributed by atoms with E-state index in [9.17, 15) is 29.0 Å². The number of aliphatic carboxylic acids is 1. The van der Waals surface area contributed by atoms with E-state index in [0.717, 1.165) is 4.90 Å². The van der Waals surface area contributed by atoms with Gasteiger partial charge in [0.15, 0.2) is 0 Å². The number of fused-ring (bicyclic) bond motifs is 5. The van der Waals surface area contributed by atoms with E-state index in [1.165, 1.54) is 31.3 Å². The fraction of sp³-hybridized carbons (Fsp3) is 0.375. The predicted octanol–water partition coefficient (Wildman–Crippen LogP) is 0.760. The maximum atomic E-state index is 14.7. The summed E-state index contributed by atoms with van der Waals surface area (Å²) in [5.74, 6) is -3.23. The van der Waals surface area contributed by atoms with E-state index in [0.29, 0.717) is 23.1 Å². The summed E-state index contributed by atoms with van der Waals surface area (Å²) < 4.78 is 14.7. The van der Waals surface area contributed by atoms with Crippen molar-refractivity contribution >= 4 is 17.8 Å². The maximum Gasteiger partial charge on any atom is 0.326 e. The highest BCUT2D eigenvalue weighted by atomic mass is 19.1. The zero-order valence-electron chi connectivity index (χ0n) is 18.8. The van der Waals surface area contributed by atoms with Gasteiger partial charge in [0.05, 0.1) is 6.04 Å². The van der Waals surface area contributed by atoms with Gasteiger partial charge in [0.2, 0.25) is 11.8 Å². The third kappa shape index (κ3) is 5.52. The van der Waals surface area contributed by atoms with E-state index in [-0.39, 0.29) is 37.1 Å². The number of hydrogen-bond acceptors (Lipinski definition) is 6. The Kier molecular flexibility index (Phi) is 7.85. The van der Waals surface area contributed by atoms with Crippen LogP contribution in [0.4, 0.5) is 4.39 Å². The van der Waals surface area contributed by atoms with Gasteiger partial charge in [-0.15, -0.1) is 0 Å². The minimum absolute atomic E-state index is 0.00898. The van der Waals surface area contributed by atoms with Crippen molar-refractivity contribution in [2.45, 2.75) is 43.8 Å². The average molecular weight is 473 g/mol. The summed E-state index contributed by atoms with van der Waals surface area (Å²) in [4.78, 5) is 39.1. The molecule has 3 atom stereocenters. The first-order valence-corrected chi connectivity index (χ1v) is 11.0. The molecule has 1 aliphatic heterocycles. The molecule has 0 aromatic heterocycles. The normalized spacial score (nSPS) is 21.4. The smallest absolute Gasteiger partial charge is 0.326 e. The lowest BCUT2D eigenvalue weighted by Gasteiger charge is -2.30. The zero-order valence-corrected chi connectivity index (χ0v) is 18.8. The first kappa shape index (κ1) is 25.1. The Bertz CT molecular complexity index is 1090. The van der Waals surface area contributed by atoms with Gasteiger partial charge >= 0.3 is 5.97 Å². The molecule has 0 spiro atoms. The number of amides is 2. The second-order valence-electron chi connectivity index (χ2n) is 8.46. The molecular weight excluding hydrogens is 443 g/mol. The van der Waals surface area contributed by atoms with Crippen LogP contribution in [-0.4, -0.2) is 64.6 Å². The van der Waals surface area contributed by atoms with E-state index in [4.69, 9.17) is 11.5 Å². The van der Waals surface area contributed by atoms with Crippen molar-refractivity contribution in [2.75, 3.05) is 13.6 Å². The number of carboxylic acids is 1. The van der Waals surface area contributed by atoms with E-state index in [1.54, 1.807) is 12.1 Å². The van der Waals surface area contributed by atoms with Crippen molar-refractivity contribution in [2.24, 2.45) is 11.5 Å². The summed E-state index contributed by atoms with van der Waals surface area (Å²) in [6, 6.07) is 5.52. The molecule has 0 saturated carbocycles. The van der Waals surface area contributed by atoms with Gasteiger partial charge in [-0.1, -0.05) is 12.1 Å². The van der Waals surface area contributed by atoms with E-state index in [1.807, 2.05) is 0 Å². The van der Waals surface area contributed by atoms with Crippen LogP contribution in [0.3, 0.4) is 0 Å². The number of phenolic OH excluding ortho intramolecular Hbond substituents is 1. The molecule has 2 aromatic carbocycles. The monoisotopic (exact) mass is 472 g/mol. The van der Waals surface area contributed by atoms with Crippen LogP contribution in [0.25, 0.3) is 11.1 Å². The van der Waals surface area contributed by atoms with Crippen LogP contribution < -0.4 is 16.8 Å². The van der Waals surface area contributed by atoms with E-state index < -0.39 is 41.7 Å². The van der Waals surface area contributed by atoms with Crippen LogP contribution in [0.5, 0.6) is 5.75 Å². The molecule has 9 nitrogen and oxygen atoms in total. The number of rotatable bonds is 4. The molecule has 2 amide bonds. The number of carbonyl (C=O) groups is 3. The van der Waals surface area contributed by atoms with Crippen molar-refractivity contribution in [1.29, 1.82) is 0 Å². The molecule has 34 heavy (non-hydrogen) atoms. The number of nitrogens with one attached hydrogen (secondary N) is 1. The minimum Gasteiger partial charge on any atom is -0.508 e. The molecule has 182 valence electrons. The number of nitrogens with two attached hydrogens (primary N) is 2. The molecule has 3 rings (SSSR count). The van der Waals surface area contributed by atoms with Gasteiger partial charge in [0.25, 0.3) is 0 Å². The lowest BCUT2D eigenvalue weighted by molar-refractivity contribution is -0.150. The number of halogens is 1. The Morgan fingerprint density at radius 1 is 1.15 bits per heavy atom. The fourth-order valence-corrected chi connectivity index (χ4v) is 4.02. The number of nitrogens with zero attached hydrogens (tertiary/aromatic N) is 1. The van der Waals surface area contributed by atoms with Crippen molar-refractivity contribution in [1.82, 2.24) is 10.2 Å². The van der Waals surface area contributed by atoms with Gasteiger partial charge in [0, 0.05) is 19.9 Å². The second kappa shape index (κ2) is 10.6. The molecule has 1 unspecified atom stereocenters. The van der Waals surface area contributed by atoms with Crippen molar-refractivity contribution in [3.8, 4) is 16.9 Å². The number of likely N-dealkylation sites (N-methyl/N-ethyl adjacent to an activating group) is 1. The van der Waals surface area contributed by atoms with Gasteiger partial charge in [-0.25, -0.2) is 9.18 Å². The summed E-state index contributed by atoms with van der Waals surface area (Å²) in [7, 11) is 1.31. The Balaban J connectivity index is 2.13. The van der Waals surface area contributed by atoms with Crippen molar-refractivity contribution in [3.63, 3.8) is 0 Å². The number of benzene rings is 2. The van der Waals surface area contributed by atoms with E-state index in [2.05, 4.69) is 5.32 Å². The summed E-state index contributed by atoms with van der Waals surface area (Å²) in [5, 5.41) is 22.7. The van der Waals surface area contributed by atoms with Crippen LogP contribution in [0.2, 0.25) is 0 Å². The van der Waals surface area contributed by atoms with Gasteiger partial charge in [-0.05, 0) is 65.9 Å². The lowest BCUT2D eigenvalue weighted by Crippen LogP contribution is -2.55. The highest BCUT2D eigenvalue weighted by Crippen LogP contribution is 2.29.